The minimum atomic E-state index is -0.375. The Morgan fingerprint density at radius 3 is 2.63 bits per heavy atom. The van der Waals surface area contributed by atoms with E-state index in [2.05, 4.69) is 21.2 Å². The normalized spacial score (nSPS) is 10.3. The number of aryl methyl sites for hydroxylation is 1. The molecular formula is C14H12BrFN2O. The SMILES string of the molecule is Cc1ccc(C(=O)Nc2ccc(F)cc2Br)c(N)c1. The third kappa shape index (κ3) is 3.12. The number of hydrogen-bond acceptors (Lipinski definition) is 2. The van der Waals surface area contributed by atoms with E-state index in [9.17, 15) is 9.18 Å². The maximum atomic E-state index is 13.0. The maximum Gasteiger partial charge on any atom is 0.257 e. The van der Waals surface area contributed by atoms with Crippen molar-refractivity contribution in [2.75, 3.05) is 11.1 Å². The summed E-state index contributed by atoms with van der Waals surface area (Å²) in [6.07, 6.45) is 0. The van der Waals surface area contributed by atoms with Gasteiger partial charge in [-0.25, -0.2) is 4.39 Å². The van der Waals surface area contributed by atoms with Crippen LogP contribution in [-0.4, -0.2) is 5.91 Å². The van der Waals surface area contributed by atoms with Gasteiger partial charge in [-0.15, -0.1) is 0 Å². The molecule has 0 aliphatic rings. The number of benzene rings is 2. The number of nitrogens with one attached hydrogen (secondary N) is 1. The van der Waals surface area contributed by atoms with Crippen molar-refractivity contribution in [3.8, 4) is 0 Å². The summed E-state index contributed by atoms with van der Waals surface area (Å²) >= 11 is 3.19. The van der Waals surface area contributed by atoms with Gasteiger partial charge in [-0.1, -0.05) is 6.07 Å². The Bertz CT molecular complexity index is 643. The smallest absolute Gasteiger partial charge is 0.257 e. The lowest BCUT2D eigenvalue weighted by atomic mass is 10.1. The lowest BCUT2D eigenvalue weighted by molar-refractivity contribution is 0.102. The molecule has 2 aromatic carbocycles. The van der Waals surface area contributed by atoms with Crippen LogP contribution in [0.3, 0.4) is 0 Å². The van der Waals surface area contributed by atoms with E-state index in [1.165, 1.54) is 18.2 Å². The van der Waals surface area contributed by atoms with Crippen LogP contribution in [0.2, 0.25) is 0 Å². The number of halogens is 2. The fourth-order valence-electron chi connectivity index (χ4n) is 1.67. The highest BCUT2D eigenvalue weighted by Gasteiger charge is 2.11. The van der Waals surface area contributed by atoms with Crippen molar-refractivity contribution in [3.05, 3.63) is 57.8 Å². The van der Waals surface area contributed by atoms with Gasteiger partial charge >= 0.3 is 0 Å². The second-order valence-electron chi connectivity index (χ2n) is 4.17. The lowest BCUT2D eigenvalue weighted by Gasteiger charge is -2.09. The number of nitrogen functional groups attached to an aromatic ring is 1. The van der Waals surface area contributed by atoms with Crippen molar-refractivity contribution in [2.24, 2.45) is 0 Å². The van der Waals surface area contributed by atoms with Crippen LogP contribution in [0, 0.1) is 12.7 Å². The van der Waals surface area contributed by atoms with E-state index in [4.69, 9.17) is 5.73 Å². The number of hydrogen-bond donors (Lipinski definition) is 2. The van der Waals surface area contributed by atoms with Gasteiger partial charge in [0.25, 0.3) is 5.91 Å². The van der Waals surface area contributed by atoms with Crippen molar-refractivity contribution in [3.63, 3.8) is 0 Å². The lowest BCUT2D eigenvalue weighted by Crippen LogP contribution is -2.14. The van der Waals surface area contributed by atoms with Crippen LogP contribution in [0.1, 0.15) is 15.9 Å². The van der Waals surface area contributed by atoms with E-state index < -0.39 is 0 Å². The first-order valence-electron chi connectivity index (χ1n) is 5.60. The first kappa shape index (κ1) is 13.5. The van der Waals surface area contributed by atoms with E-state index in [1.807, 2.05) is 13.0 Å². The molecule has 0 aromatic heterocycles. The Morgan fingerprint density at radius 2 is 2.00 bits per heavy atom. The average Bonchev–Trinajstić information content (AvgIpc) is 2.32. The Labute approximate surface area is 118 Å². The van der Waals surface area contributed by atoms with Crippen molar-refractivity contribution < 1.29 is 9.18 Å². The number of rotatable bonds is 2. The molecule has 0 aliphatic heterocycles. The van der Waals surface area contributed by atoms with E-state index in [-0.39, 0.29) is 11.7 Å². The largest absolute Gasteiger partial charge is 0.398 e. The van der Waals surface area contributed by atoms with Gasteiger partial charge in [0.2, 0.25) is 0 Å². The molecule has 0 fully saturated rings. The van der Waals surface area contributed by atoms with Crippen LogP contribution in [0.15, 0.2) is 40.9 Å². The van der Waals surface area contributed by atoms with Gasteiger partial charge < -0.3 is 11.1 Å². The standard InChI is InChI=1S/C14H12BrFN2O/c1-8-2-4-10(12(17)6-8)14(19)18-13-5-3-9(16)7-11(13)15/h2-7H,17H2,1H3,(H,18,19). The van der Waals surface area contributed by atoms with Gasteiger partial charge in [-0.3, -0.25) is 4.79 Å². The fourth-order valence-corrected chi connectivity index (χ4v) is 2.12. The van der Waals surface area contributed by atoms with Gasteiger partial charge in [0.05, 0.1) is 11.3 Å². The van der Waals surface area contributed by atoms with Gasteiger partial charge in [0, 0.05) is 10.2 Å². The molecule has 0 atom stereocenters. The molecule has 0 heterocycles. The highest BCUT2D eigenvalue weighted by Crippen LogP contribution is 2.24. The van der Waals surface area contributed by atoms with E-state index in [0.717, 1.165) is 5.56 Å². The summed E-state index contributed by atoms with van der Waals surface area (Å²) in [4.78, 5) is 12.1. The topological polar surface area (TPSA) is 55.1 Å². The Kier molecular flexibility index (Phi) is 3.85. The number of amides is 1. The average molecular weight is 323 g/mol. The molecule has 0 bridgehead atoms. The van der Waals surface area contributed by atoms with Crippen LogP contribution in [0.25, 0.3) is 0 Å². The first-order valence-corrected chi connectivity index (χ1v) is 6.39. The predicted octanol–water partition coefficient (Wildman–Crippen LogP) is 3.73. The van der Waals surface area contributed by atoms with Crippen LogP contribution < -0.4 is 11.1 Å². The second-order valence-corrected chi connectivity index (χ2v) is 5.02. The maximum absolute atomic E-state index is 13.0. The molecule has 3 nitrogen and oxygen atoms in total. The van der Waals surface area contributed by atoms with Crippen molar-refractivity contribution in [1.29, 1.82) is 0 Å². The number of carbonyl (C=O) groups is 1. The van der Waals surface area contributed by atoms with Crippen molar-refractivity contribution >= 4 is 33.2 Å². The molecule has 0 aliphatic carbocycles. The van der Waals surface area contributed by atoms with E-state index in [1.54, 1.807) is 12.1 Å². The van der Waals surface area contributed by atoms with Gasteiger partial charge in [0.1, 0.15) is 5.82 Å². The van der Waals surface area contributed by atoms with Crippen LogP contribution >= 0.6 is 15.9 Å². The predicted molar refractivity (Wildman–Crippen MR) is 77.6 cm³/mol. The Balaban J connectivity index is 2.25. The molecule has 0 unspecified atom stereocenters. The van der Waals surface area contributed by atoms with Crippen LogP contribution in [-0.2, 0) is 0 Å². The number of anilines is 2. The van der Waals surface area contributed by atoms with Gasteiger partial charge in [0.15, 0.2) is 0 Å². The van der Waals surface area contributed by atoms with Crippen molar-refractivity contribution in [2.45, 2.75) is 6.92 Å². The zero-order valence-corrected chi connectivity index (χ0v) is 11.8. The molecule has 0 saturated heterocycles. The minimum absolute atomic E-state index is 0.329. The van der Waals surface area contributed by atoms with Gasteiger partial charge in [-0.2, -0.15) is 0 Å². The zero-order chi connectivity index (χ0) is 14.0. The van der Waals surface area contributed by atoms with Gasteiger partial charge in [-0.05, 0) is 58.7 Å². The quantitative estimate of drug-likeness (QED) is 0.828. The number of carbonyl (C=O) groups excluding carboxylic acids is 1. The number of nitrogens with two attached hydrogens (primary N) is 1. The molecular weight excluding hydrogens is 311 g/mol. The third-order valence-corrected chi connectivity index (χ3v) is 3.29. The Morgan fingerprint density at radius 1 is 1.26 bits per heavy atom. The third-order valence-electron chi connectivity index (χ3n) is 2.63. The molecule has 5 heteroatoms. The van der Waals surface area contributed by atoms with E-state index in [0.29, 0.717) is 21.4 Å². The first-order chi connectivity index (χ1) is 8.97. The van der Waals surface area contributed by atoms with Crippen LogP contribution in [0.5, 0.6) is 0 Å². The molecule has 2 aromatic rings. The molecule has 1 amide bonds. The van der Waals surface area contributed by atoms with Crippen LogP contribution in [0.4, 0.5) is 15.8 Å². The van der Waals surface area contributed by atoms with Crippen molar-refractivity contribution in [1.82, 2.24) is 0 Å². The highest BCUT2D eigenvalue weighted by atomic mass is 79.9. The summed E-state index contributed by atoms with van der Waals surface area (Å²) in [5.41, 5.74) is 8.08. The minimum Gasteiger partial charge on any atom is -0.398 e. The summed E-state index contributed by atoms with van der Waals surface area (Å²) in [5, 5.41) is 2.68. The molecule has 19 heavy (non-hydrogen) atoms. The molecule has 98 valence electrons. The molecule has 0 saturated carbocycles. The molecule has 0 radical (unpaired) electrons. The highest BCUT2D eigenvalue weighted by molar-refractivity contribution is 9.10. The summed E-state index contributed by atoms with van der Waals surface area (Å²) < 4.78 is 13.4. The summed E-state index contributed by atoms with van der Waals surface area (Å²) in [6.45, 7) is 1.90. The monoisotopic (exact) mass is 322 g/mol. The summed E-state index contributed by atoms with van der Waals surface area (Å²) in [7, 11) is 0. The molecule has 2 rings (SSSR count). The summed E-state index contributed by atoms with van der Waals surface area (Å²) in [5.74, 6) is -0.704. The van der Waals surface area contributed by atoms with E-state index >= 15 is 0 Å². The molecule has 0 spiro atoms. The summed E-state index contributed by atoms with van der Waals surface area (Å²) in [6, 6.07) is 9.26. The second kappa shape index (κ2) is 5.40. The fraction of sp³-hybridized carbons (Fsp3) is 0.0714. The molecule has 3 N–H and O–H groups in total. The zero-order valence-electron chi connectivity index (χ0n) is 10.2. The Hall–Kier alpha value is -1.88.